The van der Waals surface area contributed by atoms with Crippen molar-refractivity contribution in [3.05, 3.63) is 35.9 Å². The van der Waals surface area contributed by atoms with Gasteiger partial charge < -0.3 is 11.5 Å². The maximum absolute atomic E-state index is 11.2. The molecule has 0 aromatic heterocycles. The average molecular weight is 179 g/mol. The van der Waals surface area contributed by atoms with Crippen LogP contribution in [0.15, 0.2) is 30.3 Å². The first-order valence-electron chi connectivity index (χ1n) is 4.71. The van der Waals surface area contributed by atoms with Crippen molar-refractivity contribution in [3.8, 4) is 0 Å². The van der Waals surface area contributed by atoms with Crippen LogP contribution in [-0.2, 0) is 11.2 Å². The largest absolute Gasteiger partial charge is 0.324 e. The number of ketones is 1. The third-order valence-corrected chi connectivity index (χ3v) is 1.89. The number of Topliss-reactive ketones (excluding diaryl/α,β-unsaturated/α-hetero) is 1. The summed E-state index contributed by atoms with van der Waals surface area (Å²) < 4.78 is 6.68. The van der Waals surface area contributed by atoms with Gasteiger partial charge in [-0.1, -0.05) is 30.3 Å². The number of carbonyl (C=O) groups excluding carboxylic acids is 1. The van der Waals surface area contributed by atoms with Crippen molar-refractivity contribution in [1.29, 1.82) is 0 Å². The minimum Gasteiger partial charge on any atom is -0.324 e. The maximum Gasteiger partial charge on any atom is 0.163 e. The summed E-state index contributed by atoms with van der Waals surface area (Å²) in [5.74, 6) is -0.135. The van der Waals surface area contributed by atoms with E-state index >= 15 is 0 Å². The Labute approximate surface area is 79.2 Å². The third kappa shape index (κ3) is 2.97. The number of hydrogen-bond donors (Lipinski definition) is 2. The van der Waals surface area contributed by atoms with Crippen molar-refractivity contribution < 1.29 is 6.21 Å². The van der Waals surface area contributed by atoms with E-state index in [1.165, 1.54) is 0 Å². The minimum atomic E-state index is -0.518. The summed E-state index contributed by atoms with van der Waals surface area (Å²) >= 11 is 0. The molecule has 1 aromatic rings. The van der Waals surface area contributed by atoms with Crippen LogP contribution in [0.3, 0.4) is 0 Å². The summed E-state index contributed by atoms with van der Waals surface area (Å²) in [5, 5.41) is 0. The highest BCUT2D eigenvalue weighted by atomic mass is 16.1. The second-order valence-electron chi connectivity index (χ2n) is 2.94. The Morgan fingerprint density at radius 3 is 2.77 bits per heavy atom. The average Bonchev–Trinajstić information content (AvgIpc) is 2.19. The van der Waals surface area contributed by atoms with Crippen LogP contribution in [0.1, 0.15) is 5.56 Å². The molecule has 0 aliphatic heterocycles. The van der Waals surface area contributed by atoms with Crippen molar-refractivity contribution in [2.75, 3.05) is 6.54 Å². The van der Waals surface area contributed by atoms with Gasteiger partial charge in [0.2, 0.25) is 0 Å². The molecule has 3 heteroatoms. The van der Waals surface area contributed by atoms with Gasteiger partial charge in [0.15, 0.2) is 5.78 Å². The van der Waals surface area contributed by atoms with Crippen LogP contribution in [0.2, 0.25) is 1.41 Å². The number of rotatable bonds is 5. The van der Waals surface area contributed by atoms with E-state index in [-0.39, 0.29) is 12.3 Å². The Morgan fingerprint density at radius 1 is 1.46 bits per heavy atom. The summed E-state index contributed by atoms with van der Waals surface area (Å²) in [5.41, 5.74) is 8.76. The van der Waals surface area contributed by atoms with E-state index < -0.39 is 6.04 Å². The van der Waals surface area contributed by atoms with Crippen LogP contribution >= 0.6 is 0 Å². The fraction of sp³-hybridized carbons (Fsp3) is 0.300. The molecule has 0 spiro atoms. The molecule has 3 nitrogen and oxygen atoms in total. The normalized spacial score (nSPS) is 13.5. The lowest BCUT2D eigenvalue weighted by Gasteiger charge is -2.08. The first kappa shape index (κ1) is 8.41. The van der Waals surface area contributed by atoms with Crippen LogP contribution in [0.4, 0.5) is 0 Å². The highest BCUT2D eigenvalue weighted by molar-refractivity contribution is 5.85. The van der Waals surface area contributed by atoms with E-state index in [1.54, 1.807) is 0 Å². The highest BCUT2D eigenvalue weighted by Crippen LogP contribution is 2.01. The standard InChI is InChI=1S/C10H14N2O/c11-7-10(13)9(12)6-8-4-2-1-3-5-8/h1-5,9H,6-7,11-12H2/t9-/m0/s1/i/hD. The lowest BCUT2D eigenvalue weighted by atomic mass is 10.0. The first-order valence-corrected chi connectivity index (χ1v) is 4.21. The van der Waals surface area contributed by atoms with Crippen molar-refractivity contribution >= 4 is 5.78 Å². The zero-order chi connectivity index (χ0) is 10.4. The van der Waals surface area contributed by atoms with E-state index in [0.29, 0.717) is 6.42 Å². The summed E-state index contributed by atoms with van der Waals surface area (Å²) in [6.07, 6.45) is 0.529. The summed E-state index contributed by atoms with van der Waals surface area (Å²) in [4.78, 5) is 11.2. The van der Waals surface area contributed by atoms with Gasteiger partial charge >= 0.3 is 0 Å². The van der Waals surface area contributed by atoms with Gasteiger partial charge in [0.25, 0.3) is 0 Å². The number of benzene rings is 1. The Balaban J connectivity index is 2.49. The molecule has 13 heavy (non-hydrogen) atoms. The Morgan fingerprint density at radius 2 is 2.15 bits per heavy atom. The molecular weight excluding hydrogens is 164 g/mol. The SMILES string of the molecule is [2H]NCC(=O)[C@@H](N)Cc1ccccc1. The molecule has 0 saturated carbocycles. The van der Waals surface area contributed by atoms with E-state index in [2.05, 4.69) is 5.73 Å². The van der Waals surface area contributed by atoms with Gasteiger partial charge in [0.1, 0.15) is 1.41 Å². The monoisotopic (exact) mass is 179 g/mol. The Bertz CT molecular complexity index is 289. The molecule has 70 valence electrons. The number of nitrogens with two attached hydrogens (primary N) is 2. The second kappa shape index (κ2) is 4.74. The van der Waals surface area contributed by atoms with E-state index in [9.17, 15) is 4.79 Å². The highest BCUT2D eigenvalue weighted by Gasteiger charge is 2.11. The molecule has 0 radical (unpaired) electrons. The molecule has 1 rings (SSSR count). The van der Waals surface area contributed by atoms with Crippen LogP contribution in [0, 0.1) is 0 Å². The number of carbonyl (C=O) groups is 1. The molecule has 1 atom stereocenters. The zero-order valence-electron chi connectivity index (χ0n) is 8.36. The van der Waals surface area contributed by atoms with Gasteiger partial charge in [0.05, 0.1) is 12.6 Å². The molecule has 0 aliphatic carbocycles. The molecule has 0 heterocycles. The summed E-state index contributed by atoms with van der Waals surface area (Å²) in [6, 6.07) is 9.09. The quantitative estimate of drug-likeness (QED) is 0.672. The van der Waals surface area contributed by atoms with E-state index in [1.807, 2.05) is 30.3 Å². The number of hydrogen-bond acceptors (Lipinski definition) is 3. The fourth-order valence-corrected chi connectivity index (χ4v) is 1.11. The molecule has 0 fully saturated rings. The summed E-state index contributed by atoms with van der Waals surface area (Å²) in [7, 11) is 0. The van der Waals surface area contributed by atoms with Crippen molar-refractivity contribution in [2.24, 2.45) is 11.5 Å². The van der Waals surface area contributed by atoms with Crippen LogP contribution < -0.4 is 11.5 Å². The Kier molecular flexibility index (Phi) is 3.07. The van der Waals surface area contributed by atoms with E-state index in [4.69, 9.17) is 7.15 Å². The Hall–Kier alpha value is -1.19. The van der Waals surface area contributed by atoms with Crippen molar-refractivity contribution in [1.82, 2.24) is 0 Å². The molecule has 4 N–H and O–H groups in total. The molecule has 0 bridgehead atoms. The molecular formula is C10H14N2O. The van der Waals surface area contributed by atoms with Crippen LogP contribution in [0.25, 0.3) is 0 Å². The van der Waals surface area contributed by atoms with Gasteiger partial charge in [-0.3, -0.25) is 4.79 Å². The predicted molar refractivity (Wildman–Crippen MR) is 52.2 cm³/mol. The molecule has 0 aliphatic rings. The first-order chi connectivity index (χ1) is 6.74. The predicted octanol–water partition coefficient (Wildman–Crippen LogP) is 0.0842. The minimum absolute atomic E-state index is 0.00794. The van der Waals surface area contributed by atoms with Gasteiger partial charge in [0, 0.05) is 0 Å². The van der Waals surface area contributed by atoms with Crippen LogP contribution in [-0.4, -0.2) is 18.4 Å². The maximum atomic E-state index is 11.2. The fourth-order valence-electron chi connectivity index (χ4n) is 1.11. The lowest BCUT2D eigenvalue weighted by molar-refractivity contribution is -0.118. The molecule has 0 saturated heterocycles. The third-order valence-electron chi connectivity index (χ3n) is 1.89. The molecule has 0 amide bonds. The van der Waals surface area contributed by atoms with Gasteiger partial charge in [-0.05, 0) is 12.0 Å². The van der Waals surface area contributed by atoms with Gasteiger partial charge in [-0.25, -0.2) is 0 Å². The zero-order valence-corrected chi connectivity index (χ0v) is 7.36. The topological polar surface area (TPSA) is 69.1 Å². The van der Waals surface area contributed by atoms with Gasteiger partial charge in [-0.15, -0.1) is 0 Å². The van der Waals surface area contributed by atoms with Crippen molar-refractivity contribution in [3.63, 3.8) is 0 Å². The van der Waals surface area contributed by atoms with Crippen molar-refractivity contribution in [2.45, 2.75) is 12.5 Å². The summed E-state index contributed by atoms with van der Waals surface area (Å²) in [6.45, 7) is 0.00794. The van der Waals surface area contributed by atoms with Crippen LogP contribution in [0.5, 0.6) is 0 Å². The second-order valence-corrected chi connectivity index (χ2v) is 2.94. The van der Waals surface area contributed by atoms with E-state index in [0.717, 1.165) is 5.56 Å². The molecule has 0 unspecified atom stereocenters. The smallest absolute Gasteiger partial charge is 0.163 e. The molecule has 1 aromatic carbocycles. The lowest BCUT2D eigenvalue weighted by Crippen LogP contribution is -2.37. The van der Waals surface area contributed by atoms with Gasteiger partial charge in [-0.2, -0.15) is 0 Å².